The van der Waals surface area contributed by atoms with Crippen LogP contribution in [0.5, 0.6) is 0 Å². The van der Waals surface area contributed by atoms with Crippen molar-refractivity contribution >= 4 is 33.3 Å². The maximum Gasteiger partial charge on any atom is 0.130 e. The molecule has 3 heteroatoms. The molecule has 0 bridgehead atoms. The molecule has 0 unspecified atom stereocenters. The molecule has 13 heavy (non-hydrogen) atoms. The SMILES string of the molecule is CC(=O)CCc1ccc(Cl)c(Br)c1. The summed E-state index contributed by atoms with van der Waals surface area (Å²) in [5.41, 5.74) is 1.13. The van der Waals surface area contributed by atoms with E-state index < -0.39 is 0 Å². The Morgan fingerprint density at radius 3 is 2.77 bits per heavy atom. The van der Waals surface area contributed by atoms with Crippen LogP contribution in [0, 0.1) is 0 Å². The Hall–Kier alpha value is -0.340. The largest absolute Gasteiger partial charge is 0.300 e. The molecule has 1 nitrogen and oxygen atoms in total. The highest BCUT2D eigenvalue weighted by molar-refractivity contribution is 9.10. The van der Waals surface area contributed by atoms with Crippen molar-refractivity contribution in [1.29, 1.82) is 0 Å². The van der Waals surface area contributed by atoms with Crippen LogP contribution in [0.15, 0.2) is 22.7 Å². The normalized spacial score (nSPS) is 10.1. The van der Waals surface area contributed by atoms with Gasteiger partial charge >= 0.3 is 0 Å². The Balaban J connectivity index is 2.68. The zero-order valence-corrected chi connectivity index (χ0v) is 9.65. The third-order valence-corrected chi connectivity index (χ3v) is 2.96. The van der Waals surface area contributed by atoms with E-state index in [9.17, 15) is 4.79 Å². The molecule has 70 valence electrons. The fourth-order valence-electron chi connectivity index (χ4n) is 1.02. The first-order valence-electron chi connectivity index (χ1n) is 4.03. The van der Waals surface area contributed by atoms with Crippen LogP contribution in [0.4, 0.5) is 0 Å². The second-order valence-corrected chi connectivity index (χ2v) is 4.21. The highest BCUT2D eigenvalue weighted by Crippen LogP contribution is 2.23. The van der Waals surface area contributed by atoms with Gasteiger partial charge in [-0.25, -0.2) is 0 Å². The highest BCUT2D eigenvalue weighted by atomic mass is 79.9. The molecule has 0 radical (unpaired) electrons. The quantitative estimate of drug-likeness (QED) is 0.812. The van der Waals surface area contributed by atoms with E-state index >= 15 is 0 Å². The van der Waals surface area contributed by atoms with Gasteiger partial charge in [0.1, 0.15) is 5.78 Å². The Labute approximate surface area is 91.2 Å². The first-order chi connectivity index (χ1) is 6.09. The molecule has 0 aliphatic heterocycles. The summed E-state index contributed by atoms with van der Waals surface area (Å²) in [6.07, 6.45) is 1.37. The molecule has 1 aromatic rings. The van der Waals surface area contributed by atoms with E-state index in [1.54, 1.807) is 6.92 Å². The van der Waals surface area contributed by atoms with Crippen LogP contribution >= 0.6 is 27.5 Å². The number of aryl methyl sites for hydroxylation is 1. The van der Waals surface area contributed by atoms with E-state index in [0.29, 0.717) is 11.4 Å². The molecule has 1 aromatic carbocycles. The van der Waals surface area contributed by atoms with Crippen molar-refractivity contribution in [1.82, 2.24) is 0 Å². The molecule has 0 aliphatic rings. The Morgan fingerprint density at radius 2 is 2.23 bits per heavy atom. The number of ketones is 1. The lowest BCUT2D eigenvalue weighted by Crippen LogP contribution is -1.93. The van der Waals surface area contributed by atoms with Crippen LogP contribution in [-0.2, 0) is 11.2 Å². The molecule has 0 amide bonds. The lowest BCUT2D eigenvalue weighted by Gasteiger charge is -2.01. The van der Waals surface area contributed by atoms with Crippen molar-refractivity contribution in [3.63, 3.8) is 0 Å². The number of hydrogen-bond acceptors (Lipinski definition) is 1. The number of hydrogen-bond donors (Lipinski definition) is 0. The number of Topliss-reactive ketones (excluding diaryl/α,β-unsaturated/α-hetero) is 1. The summed E-state index contributed by atoms with van der Waals surface area (Å²) in [6, 6.07) is 5.72. The van der Waals surface area contributed by atoms with Crippen LogP contribution < -0.4 is 0 Å². The van der Waals surface area contributed by atoms with E-state index in [2.05, 4.69) is 15.9 Å². The second-order valence-electron chi connectivity index (χ2n) is 2.95. The van der Waals surface area contributed by atoms with Gasteiger partial charge in [0.2, 0.25) is 0 Å². The molecule has 0 N–H and O–H groups in total. The molecule has 0 aromatic heterocycles. The zero-order chi connectivity index (χ0) is 9.84. The van der Waals surface area contributed by atoms with Crippen LogP contribution in [0.1, 0.15) is 18.9 Å². The van der Waals surface area contributed by atoms with Gasteiger partial charge in [-0.15, -0.1) is 0 Å². The minimum absolute atomic E-state index is 0.214. The number of rotatable bonds is 3. The third-order valence-electron chi connectivity index (χ3n) is 1.75. The lowest BCUT2D eigenvalue weighted by atomic mass is 10.1. The monoisotopic (exact) mass is 260 g/mol. The van der Waals surface area contributed by atoms with Gasteiger partial charge < -0.3 is 4.79 Å². The number of benzene rings is 1. The van der Waals surface area contributed by atoms with Gasteiger partial charge in [-0.05, 0) is 47.0 Å². The number of halogens is 2. The van der Waals surface area contributed by atoms with Crippen LogP contribution in [0.2, 0.25) is 5.02 Å². The first kappa shape index (κ1) is 10.7. The van der Waals surface area contributed by atoms with Gasteiger partial charge in [-0.1, -0.05) is 17.7 Å². The Bertz CT molecular complexity index is 323. The summed E-state index contributed by atoms with van der Waals surface area (Å²) in [4.78, 5) is 10.7. The molecule has 0 fully saturated rings. The minimum atomic E-state index is 0.214. The van der Waals surface area contributed by atoms with Crippen LogP contribution in [0.3, 0.4) is 0 Å². The molecule has 0 atom stereocenters. The van der Waals surface area contributed by atoms with Crippen molar-refractivity contribution < 1.29 is 4.79 Å². The zero-order valence-electron chi connectivity index (χ0n) is 7.31. The Morgan fingerprint density at radius 1 is 1.54 bits per heavy atom. The summed E-state index contributed by atoms with van der Waals surface area (Å²) in [5.74, 6) is 0.214. The molecule has 0 heterocycles. The molecule has 1 rings (SSSR count). The smallest absolute Gasteiger partial charge is 0.130 e. The van der Waals surface area contributed by atoms with Gasteiger partial charge in [-0.2, -0.15) is 0 Å². The number of carbonyl (C=O) groups is 1. The summed E-state index contributed by atoms with van der Waals surface area (Å²) in [5, 5.41) is 0.701. The van der Waals surface area contributed by atoms with Gasteiger partial charge in [0.15, 0.2) is 0 Å². The van der Waals surface area contributed by atoms with Crippen molar-refractivity contribution in [2.24, 2.45) is 0 Å². The molecule has 0 saturated heterocycles. The summed E-state index contributed by atoms with van der Waals surface area (Å²) in [7, 11) is 0. The van der Waals surface area contributed by atoms with Gasteiger partial charge in [0.25, 0.3) is 0 Å². The topological polar surface area (TPSA) is 17.1 Å². The van der Waals surface area contributed by atoms with E-state index in [0.717, 1.165) is 16.5 Å². The van der Waals surface area contributed by atoms with Crippen LogP contribution in [0.25, 0.3) is 0 Å². The third kappa shape index (κ3) is 3.49. The summed E-state index contributed by atoms with van der Waals surface area (Å²) < 4.78 is 0.884. The van der Waals surface area contributed by atoms with Crippen molar-refractivity contribution in [2.45, 2.75) is 19.8 Å². The molecule has 0 spiro atoms. The molecular formula is C10H10BrClO. The van der Waals surface area contributed by atoms with E-state index in [1.165, 1.54) is 0 Å². The van der Waals surface area contributed by atoms with Gasteiger partial charge in [0.05, 0.1) is 5.02 Å². The highest BCUT2D eigenvalue weighted by Gasteiger charge is 2.00. The van der Waals surface area contributed by atoms with Gasteiger partial charge in [-0.3, -0.25) is 0 Å². The number of carbonyl (C=O) groups excluding carboxylic acids is 1. The lowest BCUT2D eigenvalue weighted by molar-refractivity contribution is -0.116. The van der Waals surface area contributed by atoms with Crippen molar-refractivity contribution in [3.05, 3.63) is 33.3 Å². The molecule has 0 saturated carbocycles. The Kier molecular flexibility index (Phi) is 3.94. The predicted octanol–water partition coefficient (Wildman–Crippen LogP) is 3.62. The standard InChI is InChI=1S/C10H10BrClO/c1-7(13)2-3-8-4-5-10(12)9(11)6-8/h4-6H,2-3H2,1H3. The fourth-order valence-corrected chi connectivity index (χ4v) is 1.56. The average Bonchev–Trinajstić information content (AvgIpc) is 2.07. The predicted molar refractivity (Wildman–Crippen MR) is 58.2 cm³/mol. The second kappa shape index (κ2) is 4.77. The fraction of sp³-hybridized carbons (Fsp3) is 0.300. The minimum Gasteiger partial charge on any atom is -0.300 e. The summed E-state index contributed by atoms with van der Waals surface area (Å²) in [6.45, 7) is 1.60. The van der Waals surface area contributed by atoms with E-state index in [-0.39, 0.29) is 5.78 Å². The van der Waals surface area contributed by atoms with Crippen molar-refractivity contribution in [3.8, 4) is 0 Å². The summed E-state index contributed by atoms with van der Waals surface area (Å²) >= 11 is 9.17. The molecule has 0 aliphatic carbocycles. The maximum absolute atomic E-state index is 10.7. The van der Waals surface area contributed by atoms with Crippen LogP contribution in [-0.4, -0.2) is 5.78 Å². The molecular weight excluding hydrogens is 251 g/mol. The maximum atomic E-state index is 10.7. The average molecular weight is 262 g/mol. The van der Waals surface area contributed by atoms with E-state index in [1.807, 2.05) is 18.2 Å². The van der Waals surface area contributed by atoms with E-state index in [4.69, 9.17) is 11.6 Å². The first-order valence-corrected chi connectivity index (χ1v) is 5.20. The van der Waals surface area contributed by atoms with Crippen molar-refractivity contribution in [2.75, 3.05) is 0 Å². The van der Waals surface area contributed by atoms with Gasteiger partial charge in [0, 0.05) is 10.9 Å².